The first-order valence-electron chi connectivity index (χ1n) is 7.88. The first-order chi connectivity index (χ1) is 12.2. The predicted octanol–water partition coefficient (Wildman–Crippen LogP) is 5.14. The van der Waals surface area contributed by atoms with Crippen molar-refractivity contribution < 1.29 is 13.9 Å². The molecule has 4 nitrogen and oxygen atoms in total. The molecule has 128 valence electrons. The third-order valence-corrected chi connectivity index (χ3v) is 4.68. The van der Waals surface area contributed by atoms with Crippen molar-refractivity contribution in [3.05, 3.63) is 77.7 Å². The molecule has 1 amide bonds. The van der Waals surface area contributed by atoms with Crippen LogP contribution in [0.25, 0.3) is 0 Å². The molecule has 0 unspecified atom stereocenters. The second-order valence-electron chi connectivity index (χ2n) is 5.52. The van der Waals surface area contributed by atoms with Gasteiger partial charge < -0.3 is 14.5 Å². The zero-order chi connectivity index (χ0) is 17.6. The van der Waals surface area contributed by atoms with Crippen LogP contribution >= 0.6 is 11.8 Å². The van der Waals surface area contributed by atoms with E-state index in [4.69, 9.17) is 9.15 Å². The Morgan fingerprint density at radius 2 is 1.84 bits per heavy atom. The highest BCUT2D eigenvalue weighted by molar-refractivity contribution is 7.98. The van der Waals surface area contributed by atoms with E-state index in [0.29, 0.717) is 17.2 Å². The van der Waals surface area contributed by atoms with Crippen LogP contribution in [0.2, 0.25) is 0 Å². The topological polar surface area (TPSA) is 51.5 Å². The third kappa shape index (κ3) is 4.45. The summed E-state index contributed by atoms with van der Waals surface area (Å²) >= 11 is 1.67. The molecule has 3 aromatic rings. The summed E-state index contributed by atoms with van der Waals surface area (Å²) in [5.41, 5.74) is 1.85. The fourth-order valence-corrected chi connectivity index (χ4v) is 3.09. The van der Waals surface area contributed by atoms with E-state index in [1.165, 1.54) is 10.5 Å². The smallest absolute Gasteiger partial charge is 0.291 e. The van der Waals surface area contributed by atoms with Gasteiger partial charge in [0.25, 0.3) is 5.91 Å². The number of amides is 1. The number of furan rings is 1. The highest BCUT2D eigenvalue weighted by Gasteiger charge is 2.13. The van der Waals surface area contributed by atoms with Crippen molar-refractivity contribution in [3.63, 3.8) is 0 Å². The Hall–Kier alpha value is -2.66. The fraction of sp³-hybridized carbons (Fsp3) is 0.150. The molecule has 0 fully saturated rings. The van der Waals surface area contributed by atoms with Crippen molar-refractivity contribution in [2.24, 2.45) is 0 Å². The minimum Gasteiger partial charge on any atom is -0.495 e. The van der Waals surface area contributed by atoms with Crippen molar-refractivity contribution in [2.75, 3.05) is 12.4 Å². The molecule has 0 aliphatic heterocycles. The average molecular weight is 353 g/mol. The molecule has 0 atom stereocenters. The van der Waals surface area contributed by atoms with Crippen LogP contribution in [0.3, 0.4) is 0 Å². The molecule has 5 heteroatoms. The van der Waals surface area contributed by atoms with Gasteiger partial charge in [-0.25, -0.2) is 0 Å². The zero-order valence-corrected chi connectivity index (χ0v) is 14.9. The largest absolute Gasteiger partial charge is 0.495 e. The highest BCUT2D eigenvalue weighted by atomic mass is 32.2. The van der Waals surface area contributed by atoms with E-state index in [-0.39, 0.29) is 11.7 Å². The number of ether oxygens (including phenoxy) is 1. The molecule has 0 saturated heterocycles. The monoisotopic (exact) mass is 353 g/mol. The number of carbonyl (C=O) groups excluding carboxylic acids is 1. The molecule has 1 aromatic heterocycles. The summed E-state index contributed by atoms with van der Waals surface area (Å²) in [6, 6.07) is 19.1. The average Bonchev–Trinajstić information content (AvgIpc) is 3.11. The van der Waals surface area contributed by atoms with Crippen LogP contribution in [0.15, 0.2) is 70.0 Å². The number of hydrogen-bond donors (Lipinski definition) is 1. The molecule has 0 aliphatic rings. The van der Waals surface area contributed by atoms with Crippen molar-refractivity contribution in [1.29, 1.82) is 0 Å². The lowest BCUT2D eigenvalue weighted by molar-refractivity contribution is 0.0995. The number of nitrogens with one attached hydrogen (secondary N) is 1. The van der Waals surface area contributed by atoms with Crippen molar-refractivity contribution >= 4 is 23.4 Å². The predicted molar refractivity (Wildman–Crippen MR) is 100 cm³/mol. The quantitative estimate of drug-likeness (QED) is 0.623. The number of thioether (sulfide) groups is 1. The lowest BCUT2D eigenvalue weighted by Gasteiger charge is -2.08. The summed E-state index contributed by atoms with van der Waals surface area (Å²) in [6.45, 7) is 2.06. The van der Waals surface area contributed by atoms with Crippen molar-refractivity contribution in [2.45, 2.75) is 17.6 Å². The SMILES string of the molecule is COc1ccccc1NC(=O)c1ccc(CSc2ccc(C)cc2)o1. The Morgan fingerprint density at radius 1 is 1.08 bits per heavy atom. The summed E-state index contributed by atoms with van der Waals surface area (Å²) in [5.74, 6) is 2.03. The van der Waals surface area contributed by atoms with Gasteiger partial charge in [-0.15, -0.1) is 11.8 Å². The molecular weight excluding hydrogens is 334 g/mol. The normalized spacial score (nSPS) is 10.5. The molecule has 25 heavy (non-hydrogen) atoms. The maximum absolute atomic E-state index is 12.3. The number of methoxy groups -OCH3 is 1. The summed E-state index contributed by atoms with van der Waals surface area (Å²) < 4.78 is 10.9. The van der Waals surface area contributed by atoms with Gasteiger partial charge >= 0.3 is 0 Å². The van der Waals surface area contributed by atoms with Gasteiger partial charge in [-0.1, -0.05) is 29.8 Å². The molecule has 1 N–H and O–H groups in total. The molecular formula is C20H19NO3S. The van der Waals surface area contributed by atoms with Gasteiger partial charge in [0.15, 0.2) is 5.76 Å². The summed E-state index contributed by atoms with van der Waals surface area (Å²) in [5, 5.41) is 2.81. The molecule has 3 rings (SSSR count). The van der Waals surface area contributed by atoms with Crippen LogP contribution in [0.5, 0.6) is 5.75 Å². The van der Waals surface area contributed by atoms with Gasteiger partial charge in [-0.05, 0) is 43.3 Å². The Bertz CT molecular complexity index is 855. The number of aryl methyl sites for hydroxylation is 1. The van der Waals surface area contributed by atoms with E-state index in [0.717, 1.165) is 5.76 Å². The van der Waals surface area contributed by atoms with Crippen LogP contribution < -0.4 is 10.1 Å². The Morgan fingerprint density at radius 3 is 2.60 bits per heavy atom. The van der Waals surface area contributed by atoms with Gasteiger partial charge in [-0.3, -0.25) is 4.79 Å². The number of hydrogen-bond acceptors (Lipinski definition) is 4. The summed E-state index contributed by atoms with van der Waals surface area (Å²) in [7, 11) is 1.57. The molecule has 0 aliphatic carbocycles. The standard InChI is InChI=1S/C20H19NO3S/c1-14-7-10-16(11-8-14)25-13-15-9-12-19(24-15)20(22)21-17-5-3-4-6-18(17)23-2/h3-12H,13H2,1-2H3,(H,21,22). The Balaban J connectivity index is 1.62. The van der Waals surface area contributed by atoms with Crippen molar-refractivity contribution in [3.8, 4) is 5.75 Å². The number of anilines is 1. The van der Waals surface area contributed by atoms with Crippen LogP contribution in [0, 0.1) is 6.92 Å². The minimum absolute atomic E-state index is 0.283. The second-order valence-corrected chi connectivity index (χ2v) is 6.57. The zero-order valence-electron chi connectivity index (χ0n) is 14.1. The van der Waals surface area contributed by atoms with E-state index in [2.05, 4.69) is 36.5 Å². The van der Waals surface area contributed by atoms with E-state index >= 15 is 0 Å². The van der Waals surface area contributed by atoms with Crippen LogP contribution in [0.1, 0.15) is 21.9 Å². The second kappa shape index (κ2) is 7.94. The number of para-hydroxylation sites is 2. The molecule has 0 saturated carbocycles. The van der Waals surface area contributed by atoms with E-state index in [1.807, 2.05) is 18.2 Å². The molecule has 0 spiro atoms. The first-order valence-corrected chi connectivity index (χ1v) is 8.87. The maximum Gasteiger partial charge on any atom is 0.291 e. The minimum atomic E-state index is -0.295. The van der Waals surface area contributed by atoms with E-state index < -0.39 is 0 Å². The molecule has 0 bridgehead atoms. The number of carbonyl (C=O) groups is 1. The fourth-order valence-electron chi connectivity index (χ4n) is 2.30. The van der Waals surface area contributed by atoms with Crippen LogP contribution in [-0.2, 0) is 5.75 Å². The summed E-state index contributed by atoms with van der Waals surface area (Å²) in [4.78, 5) is 13.5. The highest BCUT2D eigenvalue weighted by Crippen LogP contribution is 2.26. The first kappa shape index (κ1) is 17.2. The number of benzene rings is 2. The van der Waals surface area contributed by atoms with Gasteiger partial charge in [0.1, 0.15) is 11.5 Å². The van der Waals surface area contributed by atoms with E-state index in [1.54, 1.807) is 37.1 Å². The maximum atomic E-state index is 12.3. The molecule has 0 radical (unpaired) electrons. The Kier molecular flexibility index (Phi) is 5.46. The van der Waals surface area contributed by atoms with Gasteiger partial charge in [0.05, 0.1) is 18.6 Å². The summed E-state index contributed by atoms with van der Waals surface area (Å²) in [6.07, 6.45) is 0. The van der Waals surface area contributed by atoms with E-state index in [9.17, 15) is 4.79 Å². The lowest BCUT2D eigenvalue weighted by Crippen LogP contribution is -2.11. The van der Waals surface area contributed by atoms with Crippen LogP contribution in [-0.4, -0.2) is 13.0 Å². The van der Waals surface area contributed by atoms with Crippen molar-refractivity contribution in [1.82, 2.24) is 0 Å². The molecule has 2 aromatic carbocycles. The Labute approximate surface area is 151 Å². The third-order valence-electron chi connectivity index (χ3n) is 3.64. The van der Waals surface area contributed by atoms with Gasteiger partial charge in [0.2, 0.25) is 0 Å². The van der Waals surface area contributed by atoms with Gasteiger partial charge in [-0.2, -0.15) is 0 Å². The molecule has 1 heterocycles. The van der Waals surface area contributed by atoms with Gasteiger partial charge in [0, 0.05) is 4.90 Å². The lowest BCUT2D eigenvalue weighted by atomic mass is 10.2. The van der Waals surface area contributed by atoms with Crippen LogP contribution in [0.4, 0.5) is 5.69 Å². The number of rotatable bonds is 6.